The third-order valence-corrected chi connectivity index (χ3v) is 6.39. The minimum absolute atomic E-state index is 0.0968. The van der Waals surface area contributed by atoms with E-state index in [0.29, 0.717) is 24.3 Å². The van der Waals surface area contributed by atoms with E-state index in [1.807, 2.05) is 0 Å². The number of carbonyl (C=O) groups excluding carboxylic acids is 1. The summed E-state index contributed by atoms with van der Waals surface area (Å²) < 4.78 is 63.5. The summed E-state index contributed by atoms with van der Waals surface area (Å²) in [6.07, 6.45) is -4.04. The molecule has 0 atom stereocenters. The third kappa shape index (κ3) is 3.77. The molecule has 152 valence electrons. The molecule has 1 aromatic heterocycles. The number of amides is 1. The summed E-state index contributed by atoms with van der Waals surface area (Å²) in [5.74, 6) is -1.54. The fourth-order valence-electron chi connectivity index (χ4n) is 3.13. The van der Waals surface area contributed by atoms with Crippen molar-refractivity contribution in [3.63, 3.8) is 0 Å². The van der Waals surface area contributed by atoms with Crippen LogP contribution in [-0.4, -0.2) is 36.6 Å². The normalized spacial score (nSPS) is 16.3. The summed E-state index contributed by atoms with van der Waals surface area (Å²) in [5.41, 5.74) is 1.29. The molecule has 1 saturated heterocycles. The average molecular weight is 424 g/mol. The SMILES string of the molecule is O=C(Nc1ccc(N2CCCS2(=O)=O)cc1)c1ccc2nc(C(F)(F)F)[nH]c2c1. The maximum atomic E-state index is 12.8. The molecule has 1 aliphatic heterocycles. The Hall–Kier alpha value is -3.08. The van der Waals surface area contributed by atoms with Crippen LogP contribution in [0.25, 0.3) is 11.0 Å². The molecule has 3 aromatic rings. The van der Waals surface area contributed by atoms with Crippen molar-refractivity contribution in [2.24, 2.45) is 0 Å². The fraction of sp³-hybridized carbons (Fsp3) is 0.222. The molecule has 0 bridgehead atoms. The Morgan fingerprint density at radius 3 is 2.48 bits per heavy atom. The number of halogens is 3. The first-order valence-electron chi connectivity index (χ1n) is 8.62. The van der Waals surface area contributed by atoms with Crippen molar-refractivity contribution in [3.05, 3.63) is 53.9 Å². The Morgan fingerprint density at radius 1 is 1.14 bits per heavy atom. The summed E-state index contributed by atoms with van der Waals surface area (Å²) in [5, 5.41) is 2.64. The number of imidazole rings is 1. The molecular formula is C18H15F3N4O3S. The summed E-state index contributed by atoms with van der Waals surface area (Å²) in [6.45, 7) is 0.415. The summed E-state index contributed by atoms with van der Waals surface area (Å²) in [7, 11) is -3.29. The summed E-state index contributed by atoms with van der Waals surface area (Å²) >= 11 is 0. The molecule has 1 aliphatic rings. The number of carbonyl (C=O) groups is 1. The van der Waals surface area contributed by atoms with E-state index in [-0.39, 0.29) is 22.3 Å². The van der Waals surface area contributed by atoms with E-state index in [2.05, 4.69) is 15.3 Å². The van der Waals surface area contributed by atoms with Gasteiger partial charge in [-0.2, -0.15) is 13.2 Å². The largest absolute Gasteiger partial charge is 0.449 e. The number of alkyl halides is 3. The van der Waals surface area contributed by atoms with Crippen LogP contribution in [0.5, 0.6) is 0 Å². The van der Waals surface area contributed by atoms with E-state index < -0.39 is 27.9 Å². The Morgan fingerprint density at radius 2 is 1.86 bits per heavy atom. The van der Waals surface area contributed by atoms with Crippen molar-refractivity contribution in [2.75, 3.05) is 21.9 Å². The van der Waals surface area contributed by atoms with E-state index in [4.69, 9.17) is 0 Å². The Labute approximate surface area is 163 Å². The molecule has 2 N–H and O–H groups in total. The molecule has 2 heterocycles. The minimum Gasteiger partial charge on any atom is -0.334 e. The Balaban J connectivity index is 1.52. The number of anilines is 2. The van der Waals surface area contributed by atoms with E-state index in [9.17, 15) is 26.4 Å². The van der Waals surface area contributed by atoms with Crippen molar-refractivity contribution in [1.82, 2.24) is 9.97 Å². The lowest BCUT2D eigenvalue weighted by atomic mass is 10.2. The van der Waals surface area contributed by atoms with E-state index in [0.717, 1.165) is 0 Å². The van der Waals surface area contributed by atoms with Crippen LogP contribution >= 0.6 is 0 Å². The highest BCUT2D eigenvalue weighted by Crippen LogP contribution is 2.29. The average Bonchev–Trinajstić information content (AvgIpc) is 3.24. The van der Waals surface area contributed by atoms with Gasteiger partial charge in [0.15, 0.2) is 0 Å². The Kier molecular flexibility index (Phi) is 4.49. The number of hydrogen-bond donors (Lipinski definition) is 2. The number of benzene rings is 2. The lowest BCUT2D eigenvalue weighted by Gasteiger charge is -2.17. The standard InChI is InChI=1S/C18H15F3N4O3S/c19-18(20,21)17-23-14-7-2-11(10-15(14)24-17)16(26)22-12-3-5-13(6-4-12)25-8-1-9-29(25,27)28/h2-7,10H,1,8-9H2,(H,22,26)(H,23,24). The second kappa shape index (κ2) is 6.76. The summed E-state index contributed by atoms with van der Waals surface area (Å²) in [4.78, 5) is 18.1. The van der Waals surface area contributed by atoms with Crippen LogP contribution in [0.1, 0.15) is 22.6 Å². The molecule has 0 aliphatic carbocycles. The van der Waals surface area contributed by atoms with Crippen molar-refractivity contribution in [1.29, 1.82) is 0 Å². The monoisotopic (exact) mass is 424 g/mol. The zero-order chi connectivity index (χ0) is 20.8. The van der Waals surface area contributed by atoms with Gasteiger partial charge in [0, 0.05) is 17.8 Å². The molecule has 7 nitrogen and oxygen atoms in total. The van der Waals surface area contributed by atoms with Crippen LogP contribution in [0.15, 0.2) is 42.5 Å². The maximum absolute atomic E-state index is 12.8. The van der Waals surface area contributed by atoms with Crippen molar-refractivity contribution >= 4 is 38.3 Å². The number of nitrogens with zero attached hydrogens (tertiary/aromatic N) is 2. The second-order valence-electron chi connectivity index (χ2n) is 6.56. The number of H-pyrrole nitrogens is 1. The van der Waals surface area contributed by atoms with Gasteiger partial charge in [0.1, 0.15) is 0 Å². The predicted molar refractivity (Wildman–Crippen MR) is 101 cm³/mol. The molecule has 4 rings (SSSR count). The number of nitrogens with one attached hydrogen (secondary N) is 2. The highest BCUT2D eigenvalue weighted by atomic mass is 32.2. The van der Waals surface area contributed by atoms with Gasteiger partial charge in [-0.25, -0.2) is 13.4 Å². The topological polar surface area (TPSA) is 95.2 Å². The number of aromatic amines is 1. The number of hydrogen-bond acceptors (Lipinski definition) is 4. The van der Waals surface area contributed by atoms with Gasteiger partial charge in [0.05, 0.1) is 22.5 Å². The number of aromatic nitrogens is 2. The molecule has 0 saturated carbocycles. The highest BCUT2D eigenvalue weighted by Gasteiger charge is 2.34. The quantitative estimate of drug-likeness (QED) is 0.674. The molecule has 1 fully saturated rings. The zero-order valence-electron chi connectivity index (χ0n) is 14.8. The Bertz CT molecular complexity index is 1190. The van der Waals surface area contributed by atoms with Crippen LogP contribution in [0, 0.1) is 0 Å². The van der Waals surface area contributed by atoms with Gasteiger partial charge in [0.25, 0.3) is 5.91 Å². The number of fused-ring (bicyclic) bond motifs is 1. The van der Waals surface area contributed by atoms with Gasteiger partial charge in [-0.05, 0) is 48.9 Å². The van der Waals surface area contributed by atoms with Crippen molar-refractivity contribution in [3.8, 4) is 0 Å². The molecule has 0 radical (unpaired) electrons. The van der Waals surface area contributed by atoms with Crippen molar-refractivity contribution < 1.29 is 26.4 Å². The molecule has 2 aromatic carbocycles. The van der Waals surface area contributed by atoms with Gasteiger partial charge >= 0.3 is 6.18 Å². The van der Waals surface area contributed by atoms with Gasteiger partial charge in [0.2, 0.25) is 15.8 Å². The van der Waals surface area contributed by atoms with Crippen LogP contribution in [-0.2, 0) is 16.2 Å². The highest BCUT2D eigenvalue weighted by molar-refractivity contribution is 7.93. The molecular weight excluding hydrogens is 409 g/mol. The van der Waals surface area contributed by atoms with Crippen LogP contribution in [0.4, 0.5) is 24.5 Å². The lowest BCUT2D eigenvalue weighted by Crippen LogP contribution is -2.24. The molecule has 1 amide bonds. The smallest absolute Gasteiger partial charge is 0.334 e. The molecule has 29 heavy (non-hydrogen) atoms. The van der Waals surface area contributed by atoms with Crippen LogP contribution in [0.2, 0.25) is 0 Å². The van der Waals surface area contributed by atoms with Crippen LogP contribution in [0.3, 0.4) is 0 Å². The molecule has 0 spiro atoms. The fourth-order valence-corrected chi connectivity index (χ4v) is 4.69. The van der Waals surface area contributed by atoms with Crippen molar-refractivity contribution in [2.45, 2.75) is 12.6 Å². The zero-order valence-corrected chi connectivity index (χ0v) is 15.6. The van der Waals surface area contributed by atoms with E-state index in [1.54, 1.807) is 24.3 Å². The van der Waals surface area contributed by atoms with Gasteiger partial charge in [-0.3, -0.25) is 9.10 Å². The maximum Gasteiger partial charge on any atom is 0.449 e. The predicted octanol–water partition coefficient (Wildman–Crippen LogP) is 3.37. The van der Waals surface area contributed by atoms with E-state index in [1.165, 1.54) is 22.5 Å². The lowest BCUT2D eigenvalue weighted by molar-refractivity contribution is -0.144. The number of sulfonamides is 1. The van der Waals surface area contributed by atoms with Gasteiger partial charge in [-0.1, -0.05) is 0 Å². The van der Waals surface area contributed by atoms with E-state index >= 15 is 0 Å². The first kappa shape index (κ1) is 19.2. The first-order valence-corrected chi connectivity index (χ1v) is 10.2. The third-order valence-electron chi connectivity index (χ3n) is 4.53. The summed E-state index contributed by atoms with van der Waals surface area (Å²) in [6, 6.07) is 10.3. The van der Waals surface area contributed by atoms with Crippen LogP contribution < -0.4 is 9.62 Å². The molecule has 11 heteroatoms. The number of rotatable bonds is 3. The second-order valence-corrected chi connectivity index (χ2v) is 8.57. The van der Waals surface area contributed by atoms with Gasteiger partial charge < -0.3 is 10.3 Å². The minimum atomic E-state index is -4.61. The van der Waals surface area contributed by atoms with Gasteiger partial charge in [-0.15, -0.1) is 0 Å². The first-order chi connectivity index (χ1) is 13.6. The molecule has 0 unspecified atom stereocenters.